The number of nitrogens with two attached hydrogens (primary N) is 4. The van der Waals surface area contributed by atoms with Gasteiger partial charge < -0.3 is 38.9 Å². The minimum atomic E-state index is -0.988. The molecule has 0 spiro atoms. The Morgan fingerprint density at radius 2 is 1.28 bits per heavy atom. The van der Waals surface area contributed by atoms with Gasteiger partial charge in [0.15, 0.2) is 5.96 Å². The van der Waals surface area contributed by atoms with E-state index in [0.717, 1.165) is 0 Å². The first-order chi connectivity index (χ1) is 16.8. The van der Waals surface area contributed by atoms with Crippen LogP contribution in [0.2, 0.25) is 0 Å². The number of amides is 4. The smallest absolute Gasteiger partial charge is 0.243 e. The van der Waals surface area contributed by atoms with E-state index in [9.17, 15) is 19.2 Å². The van der Waals surface area contributed by atoms with E-state index in [2.05, 4.69) is 20.9 Å². The minimum Gasteiger partial charge on any atom is -0.370 e. The highest BCUT2D eigenvalue weighted by atomic mass is 32.2. The van der Waals surface area contributed by atoms with Crippen molar-refractivity contribution in [1.82, 2.24) is 16.0 Å². The molecule has 0 heterocycles. The summed E-state index contributed by atoms with van der Waals surface area (Å²) in [4.78, 5) is 54.6. The molecule has 0 bridgehead atoms. The zero-order valence-corrected chi connectivity index (χ0v) is 23.0. The van der Waals surface area contributed by atoms with E-state index in [1.807, 2.05) is 34.0 Å². The molecule has 0 unspecified atom stereocenters. The van der Waals surface area contributed by atoms with Crippen molar-refractivity contribution in [2.24, 2.45) is 39.8 Å². The van der Waals surface area contributed by atoms with Crippen molar-refractivity contribution < 1.29 is 19.2 Å². The molecule has 0 aliphatic heterocycles. The number of hydrogen-bond acceptors (Lipinski definition) is 7. The first kappa shape index (κ1) is 33.5. The van der Waals surface area contributed by atoms with Crippen LogP contribution in [0.4, 0.5) is 0 Å². The summed E-state index contributed by atoms with van der Waals surface area (Å²) in [6, 6.07) is -3.49. The van der Waals surface area contributed by atoms with Crippen LogP contribution in [0.25, 0.3) is 0 Å². The lowest BCUT2D eigenvalue weighted by atomic mass is 10.0. The molecule has 0 aromatic carbocycles. The molecule has 0 fully saturated rings. The Bertz CT molecular complexity index is 744. The number of carbonyl (C=O) groups is 4. The van der Waals surface area contributed by atoms with Crippen LogP contribution in [0.3, 0.4) is 0 Å². The van der Waals surface area contributed by atoms with E-state index in [0.29, 0.717) is 31.4 Å². The zero-order valence-electron chi connectivity index (χ0n) is 22.2. The summed E-state index contributed by atoms with van der Waals surface area (Å²) >= 11 is 1.57. The normalized spacial score (nSPS) is 14.4. The number of hydrogen-bond donors (Lipinski definition) is 7. The van der Waals surface area contributed by atoms with E-state index in [-0.39, 0.29) is 30.8 Å². The molecule has 208 valence electrons. The predicted octanol–water partition coefficient (Wildman–Crippen LogP) is -0.848. The van der Waals surface area contributed by atoms with Gasteiger partial charge in [0.1, 0.15) is 18.1 Å². The maximum Gasteiger partial charge on any atom is 0.243 e. The van der Waals surface area contributed by atoms with Gasteiger partial charge in [-0.25, -0.2) is 0 Å². The van der Waals surface area contributed by atoms with Crippen molar-refractivity contribution in [2.45, 2.75) is 84.0 Å². The van der Waals surface area contributed by atoms with Crippen LogP contribution in [-0.2, 0) is 19.2 Å². The molecule has 0 saturated carbocycles. The number of aliphatic imine (C=N–C) groups is 1. The van der Waals surface area contributed by atoms with Gasteiger partial charge in [-0.1, -0.05) is 27.7 Å². The van der Waals surface area contributed by atoms with E-state index >= 15 is 0 Å². The fourth-order valence-electron chi connectivity index (χ4n) is 3.39. The van der Waals surface area contributed by atoms with Gasteiger partial charge >= 0.3 is 0 Å². The Morgan fingerprint density at radius 3 is 1.78 bits per heavy atom. The van der Waals surface area contributed by atoms with Crippen molar-refractivity contribution >= 4 is 41.4 Å². The molecule has 0 saturated heterocycles. The third-order valence-corrected chi connectivity index (χ3v) is 5.90. The molecule has 0 aliphatic carbocycles. The Balaban J connectivity index is 5.60. The molecule has 0 rings (SSSR count). The second-order valence-corrected chi connectivity index (χ2v) is 10.7. The maximum absolute atomic E-state index is 13.2. The number of nitrogens with one attached hydrogen (secondary N) is 3. The van der Waals surface area contributed by atoms with Crippen molar-refractivity contribution in [3.63, 3.8) is 0 Å². The number of primary amides is 1. The predicted molar refractivity (Wildman–Crippen MR) is 145 cm³/mol. The summed E-state index contributed by atoms with van der Waals surface area (Å²) < 4.78 is 0. The quantitative estimate of drug-likeness (QED) is 0.0670. The topological polar surface area (TPSA) is 221 Å². The van der Waals surface area contributed by atoms with E-state index in [1.165, 1.54) is 0 Å². The van der Waals surface area contributed by atoms with Crippen LogP contribution in [0.15, 0.2) is 4.99 Å². The standard InChI is InChI=1S/C23H46N8O4S/c1-13(2)11-17(19(25)32)30-21(34)16(7-6-9-28-23(26)27)29-22(35)18(12-14(3)4)31-20(33)15(24)8-10-36-5/h13-18H,6-12,24H2,1-5H3,(H2,25,32)(H,29,35)(H,30,34)(H,31,33)(H4,26,27,28)/t15-,16-,17-,18-/m0/s1. The lowest BCUT2D eigenvalue weighted by Gasteiger charge is -2.26. The van der Waals surface area contributed by atoms with Gasteiger partial charge in [0.25, 0.3) is 0 Å². The highest BCUT2D eigenvalue weighted by Crippen LogP contribution is 2.10. The fourth-order valence-corrected chi connectivity index (χ4v) is 3.88. The number of carbonyl (C=O) groups excluding carboxylic acids is 4. The van der Waals surface area contributed by atoms with Crippen molar-refractivity contribution in [2.75, 3.05) is 18.6 Å². The van der Waals surface area contributed by atoms with Gasteiger partial charge in [-0.2, -0.15) is 11.8 Å². The Hall–Kier alpha value is -2.54. The molecule has 4 atom stereocenters. The van der Waals surface area contributed by atoms with Gasteiger partial charge in [0, 0.05) is 6.54 Å². The molecule has 12 nitrogen and oxygen atoms in total. The Morgan fingerprint density at radius 1 is 0.778 bits per heavy atom. The van der Waals surface area contributed by atoms with Crippen molar-refractivity contribution in [1.29, 1.82) is 0 Å². The highest BCUT2D eigenvalue weighted by Gasteiger charge is 2.30. The SMILES string of the molecule is CSCC[C@H](N)C(=O)N[C@@H](CC(C)C)C(=O)N[C@@H](CCCN=C(N)N)C(=O)N[C@@H](CC(C)C)C(N)=O. The average Bonchev–Trinajstić information content (AvgIpc) is 2.77. The van der Waals surface area contributed by atoms with Crippen LogP contribution < -0.4 is 38.9 Å². The molecule has 4 amide bonds. The van der Waals surface area contributed by atoms with E-state index in [1.54, 1.807) is 11.8 Å². The van der Waals surface area contributed by atoms with Gasteiger partial charge in [-0.15, -0.1) is 0 Å². The summed E-state index contributed by atoms with van der Waals surface area (Å²) in [6.45, 7) is 7.90. The third-order valence-electron chi connectivity index (χ3n) is 5.26. The number of thioether (sulfide) groups is 1. The summed E-state index contributed by atoms with van der Waals surface area (Å²) in [6.07, 6.45) is 3.70. The maximum atomic E-state index is 13.2. The van der Waals surface area contributed by atoms with Crippen LogP contribution in [0.1, 0.15) is 59.8 Å². The zero-order chi connectivity index (χ0) is 27.8. The molecule has 11 N–H and O–H groups in total. The van der Waals surface area contributed by atoms with E-state index < -0.39 is 47.8 Å². The van der Waals surface area contributed by atoms with Gasteiger partial charge in [0.2, 0.25) is 23.6 Å². The average molecular weight is 531 g/mol. The monoisotopic (exact) mass is 530 g/mol. The van der Waals surface area contributed by atoms with E-state index in [4.69, 9.17) is 22.9 Å². The minimum absolute atomic E-state index is 0.0803. The largest absolute Gasteiger partial charge is 0.370 e. The summed E-state index contributed by atoms with van der Waals surface area (Å²) in [5.74, 6) is -1.33. The second kappa shape index (κ2) is 17.8. The number of guanidine groups is 1. The lowest BCUT2D eigenvalue weighted by Crippen LogP contribution is -2.57. The Kier molecular flexibility index (Phi) is 16.6. The van der Waals surface area contributed by atoms with Crippen LogP contribution in [-0.4, -0.2) is 72.3 Å². The van der Waals surface area contributed by atoms with Crippen LogP contribution in [0, 0.1) is 11.8 Å². The molecule has 13 heteroatoms. The summed E-state index contributed by atoms with van der Waals surface area (Å²) in [5, 5.41) is 8.09. The highest BCUT2D eigenvalue weighted by molar-refractivity contribution is 7.98. The molecular weight excluding hydrogens is 484 g/mol. The second-order valence-electron chi connectivity index (χ2n) is 9.68. The van der Waals surface area contributed by atoms with Crippen molar-refractivity contribution in [3.05, 3.63) is 0 Å². The van der Waals surface area contributed by atoms with Gasteiger partial charge in [-0.3, -0.25) is 24.2 Å². The fraction of sp³-hybridized carbons (Fsp3) is 0.783. The Labute approximate surface area is 218 Å². The van der Waals surface area contributed by atoms with Gasteiger partial charge in [0.05, 0.1) is 6.04 Å². The van der Waals surface area contributed by atoms with Crippen molar-refractivity contribution in [3.8, 4) is 0 Å². The molecule has 0 aliphatic rings. The van der Waals surface area contributed by atoms with Crippen LogP contribution in [0.5, 0.6) is 0 Å². The third kappa shape index (κ3) is 14.8. The summed E-state index contributed by atoms with van der Waals surface area (Å²) in [5.41, 5.74) is 22.1. The molecule has 0 aromatic heterocycles. The number of nitrogens with zero attached hydrogens (tertiary/aromatic N) is 1. The molecule has 0 aromatic rings. The molecule has 36 heavy (non-hydrogen) atoms. The lowest BCUT2D eigenvalue weighted by molar-refractivity contribution is -0.134. The summed E-state index contributed by atoms with van der Waals surface area (Å²) in [7, 11) is 0. The first-order valence-electron chi connectivity index (χ1n) is 12.3. The molecular formula is C23H46N8O4S. The number of rotatable bonds is 18. The first-order valence-corrected chi connectivity index (χ1v) is 13.7. The van der Waals surface area contributed by atoms with Crippen LogP contribution >= 0.6 is 11.8 Å². The molecule has 0 radical (unpaired) electrons. The van der Waals surface area contributed by atoms with Gasteiger partial charge in [-0.05, 0) is 55.9 Å².